The van der Waals surface area contributed by atoms with Crippen LogP contribution in [-0.4, -0.2) is 60.4 Å². The fourth-order valence-corrected chi connectivity index (χ4v) is 4.49. The van der Waals surface area contributed by atoms with Crippen molar-refractivity contribution in [1.82, 2.24) is 14.9 Å². The maximum Gasteiger partial charge on any atom is 0.185 e. The molecular formula is C19H26N4O2S. The van der Waals surface area contributed by atoms with E-state index in [1.807, 2.05) is 29.8 Å². The third-order valence-corrected chi connectivity index (χ3v) is 5.92. The summed E-state index contributed by atoms with van der Waals surface area (Å²) in [5.41, 5.74) is 1.14. The number of nitrogens with zero attached hydrogens (tertiary/aromatic N) is 4. The molecule has 0 radical (unpaired) electrons. The van der Waals surface area contributed by atoms with Crippen molar-refractivity contribution in [3.63, 3.8) is 0 Å². The van der Waals surface area contributed by atoms with E-state index in [0.29, 0.717) is 12.7 Å². The topological polar surface area (TPSA) is 50.7 Å². The molecule has 6 nitrogen and oxygen atoms in total. The molecule has 2 aliphatic rings. The highest BCUT2D eigenvalue weighted by Crippen LogP contribution is 2.26. The Bertz CT molecular complexity index is 675. The van der Waals surface area contributed by atoms with Gasteiger partial charge in [-0.05, 0) is 31.0 Å². The highest BCUT2D eigenvalue weighted by molar-refractivity contribution is 7.15. The molecule has 4 heterocycles. The maximum atomic E-state index is 6.12. The van der Waals surface area contributed by atoms with Crippen molar-refractivity contribution < 1.29 is 9.47 Å². The Kier molecular flexibility index (Phi) is 6.11. The second-order valence-electron chi connectivity index (χ2n) is 6.88. The second kappa shape index (κ2) is 8.90. The lowest BCUT2D eigenvalue weighted by atomic mass is 10.1. The summed E-state index contributed by atoms with van der Waals surface area (Å²) in [4.78, 5) is 14.9. The number of hydrogen-bond acceptors (Lipinski definition) is 7. The highest BCUT2D eigenvalue weighted by Gasteiger charge is 2.22. The monoisotopic (exact) mass is 374 g/mol. The van der Waals surface area contributed by atoms with Crippen molar-refractivity contribution in [2.75, 3.05) is 44.3 Å². The number of anilines is 1. The molecule has 0 aromatic carbocycles. The molecule has 7 heteroatoms. The summed E-state index contributed by atoms with van der Waals surface area (Å²) >= 11 is 1.81. The van der Waals surface area contributed by atoms with Crippen LogP contribution >= 0.6 is 11.3 Å². The van der Waals surface area contributed by atoms with E-state index in [9.17, 15) is 0 Å². The summed E-state index contributed by atoms with van der Waals surface area (Å²) in [6.07, 6.45) is 8.34. The van der Waals surface area contributed by atoms with Gasteiger partial charge >= 0.3 is 0 Å². The fraction of sp³-hybridized carbons (Fsp3) is 0.579. The molecule has 0 N–H and O–H groups in total. The number of thiazole rings is 1. The zero-order valence-corrected chi connectivity index (χ0v) is 15.9. The quantitative estimate of drug-likeness (QED) is 0.775. The Morgan fingerprint density at radius 2 is 2.15 bits per heavy atom. The standard InChI is InChI=1S/C19H26N4O2S/c1-3-16(11-20-5-1)15-25-17-4-2-6-22(13-17)14-18-12-21-19(26-18)23-7-9-24-10-8-23/h1,3,5,11-12,17H,2,4,6-10,13-15H2/t17-/m0/s1. The highest BCUT2D eigenvalue weighted by atomic mass is 32.1. The van der Waals surface area contributed by atoms with E-state index in [1.165, 1.54) is 11.3 Å². The van der Waals surface area contributed by atoms with Gasteiger partial charge in [0, 0.05) is 49.6 Å². The van der Waals surface area contributed by atoms with Gasteiger partial charge in [0.25, 0.3) is 0 Å². The van der Waals surface area contributed by atoms with E-state index in [1.54, 1.807) is 6.20 Å². The molecule has 0 spiro atoms. The number of pyridine rings is 1. The summed E-state index contributed by atoms with van der Waals surface area (Å²) in [5, 5.41) is 1.13. The van der Waals surface area contributed by atoms with E-state index in [2.05, 4.69) is 25.8 Å². The number of ether oxygens (including phenoxy) is 2. The van der Waals surface area contributed by atoms with Crippen LogP contribution in [0.3, 0.4) is 0 Å². The molecule has 1 atom stereocenters. The van der Waals surface area contributed by atoms with Crippen molar-refractivity contribution in [1.29, 1.82) is 0 Å². The molecule has 2 aliphatic heterocycles. The van der Waals surface area contributed by atoms with Crippen LogP contribution in [0.4, 0.5) is 5.13 Å². The Balaban J connectivity index is 1.27. The van der Waals surface area contributed by atoms with E-state index in [4.69, 9.17) is 9.47 Å². The number of hydrogen-bond donors (Lipinski definition) is 0. The van der Waals surface area contributed by atoms with E-state index in [-0.39, 0.29) is 0 Å². The molecule has 0 aliphatic carbocycles. The first-order chi connectivity index (χ1) is 12.9. The van der Waals surface area contributed by atoms with Gasteiger partial charge in [-0.1, -0.05) is 6.07 Å². The van der Waals surface area contributed by atoms with Gasteiger partial charge in [-0.15, -0.1) is 11.3 Å². The van der Waals surface area contributed by atoms with Crippen LogP contribution in [0, 0.1) is 0 Å². The van der Waals surface area contributed by atoms with Crippen LogP contribution in [-0.2, 0) is 22.6 Å². The van der Waals surface area contributed by atoms with Gasteiger partial charge in [0.1, 0.15) is 0 Å². The maximum absolute atomic E-state index is 6.12. The van der Waals surface area contributed by atoms with Gasteiger partial charge < -0.3 is 14.4 Å². The van der Waals surface area contributed by atoms with Gasteiger partial charge in [-0.2, -0.15) is 0 Å². The van der Waals surface area contributed by atoms with Crippen LogP contribution in [0.15, 0.2) is 30.7 Å². The first-order valence-corrected chi connectivity index (χ1v) is 10.2. The third-order valence-electron chi connectivity index (χ3n) is 4.87. The number of morpholine rings is 1. The van der Waals surface area contributed by atoms with Gasteiger partial charge in [0.2, 0.25) is 0 Å². The largest absolute Gasteiger partial charge is 0.378 e. The normalized spacial score (nSPS) is 21.8. The predicted molar refractivity (Wildman–Crippen MR) is 102 cm³/mol. The first kappa shape index (κ1) is 17.9. The van der Waals surface area contributed by atoms with Crippen molar-refractivity contribution in [2.45, 2.75) is 32.1 Å². The second-order valence-corrected chi connectivity index (χ2v) is 7.97. The third kappa shape index (κ3) is 4.79. The van der Waals surface area contributed by atoms with Crippen molar-refractivity contribution >= 4 is 16.5 Å². The van der Waals surface area contributed by atoms with Crippen LogP contribution < -0.4 is 4.90 Å². The van der Waals surface area contributed by atoms with Gasteiger partial charge in [0.05, 0.1) is 25.9 Å². The van der Waals surface area contributed by atoms with Crippen molar-refractivity contribution in [2.24, 2.45) is 0 Å². The molecule has 4 rings (SSSR count). The first-order valence-electron chi connectivity index (χ1n) is 9.37. The lowest BCUT2D eigenvalue weighted by Crippen LogP contribution is -2.39. The van der Waals surface area contributed by atoms with Crippen LogP contribution in [0.25, 0.3) is 0 Å². The molecule has 2 aromatic heterocycles. The SMILES string of the molecule is c1cncc(CO[C@H]2CCCN(Cc3cnc(N4CCOCC4)s3)C2)c1. The van der Waals surface area contributed by atoms with Crippen LogP contribution in [0.5, 0.6) is 0 Å². The molecular weight excluding hydrogens is 348 g/mol. The Labute approximate surface area is 158 Å². The zero-order valence-electron chi connectivity index (χ0n) is 15.0. The minimum Gasteiger partial charge on any atom is -0.378 e. The Morgan fingerprint density at radius 3 is 3.00 bits per heavy atom. The molecule has 26 heavy (non-hydrogen) atoms. The molecule has 0 unspecified atom stereocenters. The molecule has 140 valence electrons. The summed E-state index contributed by atoms with van der Waals surface area (Å²) in [7, 11) is 0. The van der Waals surface area contributed by atoms with Gasteiger partial charge in [0.15, 0.2) is 5.13 Å². The van der Waals surface area contributed by atoms with Crippen LogP contribution in [0.2, 0.25) is 0 Å². The average molecular weight is 375 g/mol. The Hall–Kier alpha value is -1.54. The number of likely N-dealkylation sites (tertiary alicyclic amines) is 1. The summed E-state index contributed by atoms with van der Waals surface area (Å²) in [6.45, 7) is 7.24. The molecule has 0 amide bonds. The molecule has 2 fully saturated rings. The number of rotatable bonds is 6. The van der Waals surface area contributed by atoms with E-state index in [0.717, 1.165) is 63.1 Å². The predicted octanol–water partition coefficient (Wildman–Crippen LogP) is 2.56. The van der Waals surface area contributed by atoms with Gasteiger partial charge in [-0.3, -0.25) is 9.88 Å². The molecule has 0 saturated carbocycles. The van der Waals surface area contributed by atoms with Crippen molar-refractivity contribution in [3.8, 4) is 0 Å². The summed E-state index contributed by atoms with van der Waals surface area (Å²) < 4.78 is 11.5. The fourth-order valence-electron chi connectivity index (χ4n) is 3.48. The minimum atomic E-state index is 0.301. The average Bonchev–Trinajstić information content (AvgIpc) is 3.17. The van der Waals surface area contributed by atoms with Crippen LogP contribution in [0.1, 0.15) is 23.3 Å². The van der Waals surface area contributed by atoms with E-state index < -0.39 is 0 Å². The van der Waals surface area contributed by atoms with E-state index >= 15 is 0 Å². The minimum absolute atomic E-state index is 0.301. The molecule has 2 saturated heterocycles. The number of piperidine rings is 1. The van der Waals surface area contributed by atoms with Crippen molar-refractivity contribution in [3.05, 3.63) is 41.2 Å². The summed E-state index contributed by atoms with van der Waals surface area (Å²) in [5.74, 6) is 0. The lowest BCUT2D eigenvalue weighted by Gasteiger charge is -2.32. The summed E-state index contributed by atoms with van der Waals surface area (Å²) in [6, 6.07) is 4.03. The molecule has 0 bridgehead atoms. The Morgan fingerprint density at radius 1 is 1.23 bits per heavy atom. The van der Waals surface area contributed by atoms with Gasteiger partial charge in [-0.25, -0.2) is 4.98 Å². The lowest BCUT2D eigenvalue weighted by molar-refractivity contribution is -0.0119. The number of aromatic nitrogens is 2. The molecule has 2 aromatic rings. The zero-order chi connectivity index (χ0) is 17.6. The smallest absolute Gasteiger partial charge is 0.185 e.